The van der Waals surface area contributed by atoms with Crippen LogP contribution in [0.15, 0.2) is 24.3 Å². The van der Waals surface area contributed by atoms with Crippen molar-refractivity contribution in [3.8, 4) is 0 Å². The standard InChI is InChI=1S/C15H20O2S2/c16-13(15-10-18-7-8-19-15)9-14-12-4-2-1-3-11(12)5-6-17-14/h1-4,13-16H,5-10H2. The molecule has 0 saturated carbocycles. The van der Waals surface area contributed by atoms with E-state index in [2.05, 4.69) is 24.3 Å². The summed E-state index contributed by atoms with van der Waals surface area (Å²) in [5.74, 6) is 3.45. The Morgan fingerprint density at radius 2 is 2.21 bits per heavy atom. The number of benzene rings is 1. The lowest BCUT2D eigenvalue weighted by Crippen LogP contribution is -2.32. The van der Waals surface area contributed by atoms with Crippen molar-refractivity contribution >= 4 is 23.5 Å². The minimum absolute atomic E-state index is 0.0764. The second-order valence-electron chi connectivity index (χ2n) is 5.10. The first kappa shape index (κ1) is 13.8. The molecule has 104 valence electrons. The molecule has 0 aliphatic carbocycles. The Morgan fingerprint density at radius 1 is 1.32 bits per heavy atom. The molecule has 0 amide bonds. The number of aliphatic hydroxyl groups is 1. The zero-order chi connectivity index (χ0) is 13.1. The Bertz CT molecular complexity index is 418. The summed E-state index contributed by atoms with van der Waals surface area (Å²) in [6.45, 7) is 0.779. The fraction of sp³-hybridized carbons (Fsp3) is 0.600. The Balaban J connectivity index is 1.66. The van der Waals surface area contributed by atoms with Crippen molar-refractivity contribution < 1.29 is 9.84 Å². The monoisotopic (exact) mass is 296 g/mol. The zero-order valence-electron chi connectivity index (χ0n) is 11.0. The molecule has 1 aromatic rings. The smallest absolute Gasteiger partial charge is 0.0852 e. The second-order valence-corrected chi connectivity index (χ2v) is 7.59. The van der Waals surface area contributed by atoms with Crippen LogP contribution in [-0.2, 0) is 11.2 Å². The average molecular weight is 296 g/mol. The van der Waals surface area contributed by atoms with Gasteiger partial charge in [-0.15, -0.1) is 0 Å². The summed E-state index contributed by atoms with van der Waals surface area (Å²) in [7, 11) is 0. The fourth-order valence-electron chi connectivity index (χ4n) is 2.77. The van der Waals surface area contributed by atoms with Crippen LogP contribution in [0, 0.1) is 0 Å². The van der Waals surface area contributed by atoms with Gasteiger partial charge in [-0.2, -0.15) is 23.5 Å². The van der Waals surface area contributed by atoms with E-state index in [4.69, 9.17) is 4.74 Å². The highest BCUT2D eigenvalue weighted by Gasteiger charge is 2.28. The molecule has 1 saturated heterocycles. The van der Waals surface area contributed by atoms with Crippen LogP contribution >= 0.6 is 23.5 Å². The quantitative estimate of drug-likeness (QED) is 0.929. The van der Waals surface area contributed by atoms with Crippen LogP contribution in [0.25, 0.3) is 0 Å². The summed E-state index contributed by atoms with van der Waals surface area (Å²) in [5.41, 5.74) is 2.66. The summed E-state index contributed by atoms with van der Waals surface area (Å²) in [4.78, 5) is 0. The van der Waals surface area contributed by atoms with Crippen LogP contribution in [0.2, 0.25) is 0 Å². The van der Waals surface area contributed by atoms with Crippen molar-refractivity contribution in [1.29, 1.82) is 0 Å². The molecule has 3 unspecified atom stereocenters. The predicted molar refractivity (Wildman–Crippen MR) is 83.0 cm³/mol. The fourth-order valence-corrected chi connectivity index (χ4v) is 5.56. The maximum atomic E-state index is 10.4. The summed E-state index contributed by atoms with van der Waals surface area (Å²) in [6, 6.07) is 8.49. The molecule has 1 aromatic carbocycles. The molecule has 2 aliphatic heterocycles. The van der Waals surface area contributed by atoms with E-state index in [0.717, 1.165) is 31.0 Å². The lowest BCUT2D eigenvalue weighted by molar-refractivity contribution is 0.00512. The number of fused-ring (bicyclic) bond motifs is 1. The van der Waals surface area contributed by atoms with Crippen LogP contribution in [0.5, 0.6) is 0 Å². The minimum Gasteiger partial charge on any atom is -0.392 e. The maximum Gasteiger partial charge on any atom is 0.0852 e. The molecule has 1 N–H and O–H groups in total. The molecule has 1 fully saturated rings. The largest absolute Gasteiger partial charge is 0.392 e. The third-order valence-electron chi connectivity index (χ3n) is 3.82. The first-order chi connectivity index (χ1) is 9.34. The molecule has 2 nitrogen and oxygen atoms in total. The highest BCUT2D eigenvalue weighted by molar-refractivity contribution is 8.06. The van der Waals surface area contributed by atoms with Crippen LogP contribution in [0.3, 0.4) is 0 Å². The van der Waals surface area contributed by atoms with Gasteiger partial charge in [-0.3, -0.25) is 0 Å². The zero-order valence-corrected chi connectivity index (χ0v) is 12.6. The lowest BCUT2D eigenvalue weighted by atomic mass is 9.94. The van der Waals surface area contributed by atoms with Crippen LogP contribution in [0.4, 0.5) is 0 Å². The van der Waals surface area contributed by atoms with Gasteiger partial charge in [-0.1, -0.05) is 24.3 Å². The second kappa shape index (κ2) is 6.53. The topological polar surface area (TPSA) is 29.5 Å². The van der Waals surface area contributed by atoms with Crippen molar-refractivity contribution in [1.82, 2.24) is 0 Å². The molecule has 0 bridgehead atoms. The van der Waals surface area contributed by atoms with Gasteiger partial charge in [0.2, 0.25) is 0 Å². The minimum atomic E-state index is -0.256. The molecular formula is C15H20O2S2. The summed E-state index contributed by atoms with van der Waals surface area (Å²) < 4.78 is 5.89. The van der Waals surface area contributed by atoms with Crippen LogP contribution < -0.4 is 0 Å². The van der Waals surface area contributed by atoms with Gasteiger partial charge in [0.05, 0.1) is 18.8 Å². The summed E-state index contributed by atoms with van der Waals surface area (Å²) in [6.07, 6.45) is 1.55. The number of rotatable bonds is 3. The Labute approximate surface area is 123 Å². The van der Waals surface area contributed by atoms with E-state index in [9.17, 15) is 5.11 Å². The third kappa shape index (κ3) is 3.30. The molecule has 2 heterocycles. The number of ether oxygens (including phenoxy) is 1. The molecule has 0 aromatic heterocycles. The van der Waals surface area contributed by atoms with E-state index in [1.165, 1.54) is 16.9 Å². The first-order valence-electron chi connectivity index (χ1n) is 6.91. The van der Waals surface area contributed by atoms with Crippen molar-refractivity contribution in [3.63, 3.8) is 0 Å². The van der Waals surface area contributed by atoms with Gasteiger partial charge in [0.1, 0.15) is 0 Å². The number of hydrogen-bond donors (Lipinski definition) is 1. The Kier molecular flexibility index (Phi) is 4.74. The van der Waals surface area contributed by atoms with Gasteiger partial charge in [-0.25, -0.2) is 0 Å². The van der Waals surface area contributed by atoms with E-state index < -0.39 is 0 Å². The first-order valence-corrected chi connectivity index (χ1v) is 9.12. The van der Waals surface area contributed by atoms with Crippen molar-refractivity contribution in [3.05, 3.63) is 35.4 Å². The lowest BCUT2D eigenvalue weighted by Gasteiger charge is -2.31. The van der Waals surface area contributed by atoms with Crippen molar-refractivity contribution in [2.45, 2.75) is 30.3 Å². The summed E-state index contributed by atoms with van der Waals surface area (Å²) >= 11 is 3.87. The van der Waals surface area contributed by atoms with E-state index in [-0.39, 0.29) is 12.2 Å². The molecule has 4 heteroatoms. The average Bonchev–Trinajstić information content (AvgIpc) is 2.48. The number of aliphatic hydroxyl groups excluding tert-OH is 1. The van der Waals surface area contributed by atoms with Gasteiger partial charge in [0.25, 0.3) is 0 Å². The van der Waals surface area contributed by atoms with Crippen molar-refractivity contribution in [2.24, 2.45) is 0 Å². The number of hydrogen-bond acceptors (Lipinski definition) is 4. The molecule has 3 rings (SSSR count). The van der Waals surface area contributed by atoms with Gasteiger partial charge in [0, 0.05) is 28.9 Å². The Morgan fingerprint density at radius 3 is 3.05 bits per heavy atom. The van der Waals surface area contributed by atoms with E-state index in [1.54, 1.807) is 0 Å². The normalized spacial score (nSPS) is 28.7. The SMILES string of the molecule is OC(CC1OCCc2ccccc21)C1CSCCS1. The van der Waals surface area contributed by atoms with Gasteiger partial charge in [0.15, 0.2) is 0 Å². The molecule has 19 heavy (non-hydrogen) atoms. The highest BCUT2D eigenvalue weighted by atomic mass is 32.2. The van der Waals surface area contributed by atoms with Crippen LogP contribution in [0.1, 0.15) is 23.7 Å². The molecule has 0 spiro atoms. The van der Waals surface area contributed by atoms with Gasteiger partial charge < -0.3 is 9.84 Å². The van der Waals surface area contributed by atoms with E-state index in [1.807, 2.05) is 23.5 Å². The highest BCUT2D eigenvalue weighted by Crippen LogP contribution is 2.34. The summed E-state index contributed by atoms with van der Waals surface area (Å²) in [5, 5.41) is 10.8. The maximum absolute atomic E-state index is 10.4. The molecule has 0 radical (unpaired) electrons. The molecule has 3 atom stereocenters. The van der Waals surface area contributed by atoms with E-state index >= 15 is 0 Å². The predicted octanol–water partition coefficient (Wildman–Crippen LogP) is 2.90. The van der Waals surface area contributed by atoms with E-state index in [0.29, 0.717) is 5.25 Å². The Hall–Kier alpha value is -0.160. The third-order valence-corrected chi connectivity index (χ3v) is 6.72. The van der Waals surface area contributed by atoms with Gasteiger partial charge >= 0.3 is 0 Å². The number of thioether (sulfide) groups is 2. The molecular weight excluding hydrogens is 276 g/mol. The van der Waals surface area contributed by atoms with Crippen molar-refractivity contribution in [2.75, 3.05) is 23.9 Å². The molecule has 2 aliphatic rings. The van der Waals surface area contributed by atoms with Crippen LogP contribution in [-0.4, -0.2) is 40.3 Å². The van der Waals surface area contributed by atoms with Gasteiger partial charge in [-0.05, 0) is 17.5 Å².